The number of fused-ring (bicyclic) bond motifs is 9. The second-order valence-electron chi connectivity index (χ2n) is 14.0. The Bertz CT molecular complexity index is 2780. The Morgan fingerprint density at radius 3 is 1.71 bits per heavy atom. The molecule has 0 radical (unpaired) electrons. The van der Waals surface area contributed by atoms with Crippen LogP contribution in [0.3, 0.4) is 0 Å². The van der Waals surface area contributed by atoms with Crippen molar-refractivity contribution < 1.29 is 0 Å². The number of hydrogen-bond acceptors (Lipinski definition) is 0. The van der Waals surface area contributed by atoms with Gasteiger partial charge in [-0.2, -0.15) is 0 Å². The number of hydrogen-bond donors (Lipinski definition) is 0. The highest BCUT2D eigenvalue weighted by atomic mass is 14.4. The van der Waals surface area contributed by atoms with E-state index in [1.165, 1.54) is 98.7 Å². The first-order valence-electron chi connectivity index (χ1n) is 17.3. The molecule has 9 aromatic rings. The van der Waals surface area contributed by atoms with Gasteiger partial charge < -0.3 is 0 Å². The summed E-state index contributed by atoms with van der Waals surface area (Å²) in [5.74, 6) is 0. The standard InChI is InChI=1S/C49H34/c1-49(2)44-30-35(25-26-39(44)42-27-23-32-14-7-9-20-38(32)48(42)49)34-17-12-18-36(29-34)45-40-21-10-11-22-41(40)46(33-15-4-3-5-16-33)47-37-19-8-6-13-31(37)24-28-43(45)47/h3-30H,1-2H3. The minimum absolute atomic E-state index is 0.0973. The SMILES string of the molecule is CC1(C)c2cc(-c3cccc(-c4c5ccccc5c(-c5ccccc5)c5c4ccc4ccccc45)c3)ccc2-c2ccc3ccccc3c21. The molecule has 49 heavy (non-hydrogen) atoms. The zero-order valence-corrected chi connectivity index (χ0v) is 27.7. The van der Waals surface area contributed by atoms with Crippen LogP contribution in [0.5, 0.6) is 0 Å². The van der Waals surface area contributed by atoms with E-state index in [0.29, 0.717) is 0 Å². The first-order chi connectivity index (χ1) is 24.1. The van der Waals surface area contributed by atoms with Crippen molar-refractivity contribution in [3.8, 4) is 44.5 Å². The third kappa shape index (κ3) is 4.11. The lowest BCUT2D eigenvalue weighted by Gasteiger charge is -2.23. The summed E-state index contributed by atoms with van der Waals surface area (Å²) in [7, 11) is 0. The van der Waals surface area contributed by atoms with E-state index in [1.807, 2.05) is 0 Å². The highest BCUT2D eigenvalue weighted by Gasteiger charge is 2.37. The zero-order valence-electron chi connectivity index (χ0n) is 27.7. The van der Waals surface area contributed by atoms with Crippen LogP contribution in [-0.4, -0.2) is 0 Å². The molecule has 0 nitrogen and oxygen atoms in total. The predicted molar refractivity (Wildman–Crippen MR) is 210 cm³/mol. The van der Waals surface area contributed by atoms with Gasteiger partial charge in [0.25, 0.3) is 0 Å². The predicted octanol–water partition coefficient (Wildman–Crippen LogP) is 13.6. The second kappa shape index (κ2) is 10.5. The number of benzene rings is 9. The van der Waals surface area contributed by atoms with Crippen molar-refractivity contribution in [3.63, 3.8) is 0 Å². The molecule has 0 bridgehead atoms. The molecule has 10 rings (SSSR count). The van der Waals surface area contributed by atoms with Crippen LogP contribution in [-0.2, 0) is 5.41 Å². The van der Waals surface area contributed by atoms with Crippen molar-refractivity contribution in [1.82, 2.24) is 0 Å². The minimum atomic E-state index is -0.0973. The quantitative estimate of drug-likeness (QED) is 0.136. The van der Waals surface area contributed by atoms with Gasteiger partial charge in [-0.25, -0.2) is 0 Å². The third-order valence-electron chi connectivity index (χ3n) is 11.0. The van der Waals surface area contributed by atoms with E-state index < -0.39 is 0 Å². The summed E-state index contributed by atoms with van der Waals surface area (Å²) in [6, 6.07) is 63.1. The van der Waals surface area contributed by atoms with Gasteiger partial charge in [0.05, 0.1) is 0 Å². The van der Waals surface area contributed by atoms with E-state index >= 15 is 0 Å². The van der Waals surface area contributed by atoms with E-state index in [9.17, 15) is 0 Å². The van der Waals surface area contributed by atoms with Gasteiger partial charge in [0, 0.05) is 5.41 Å². The molecule has 0 heterocycles. The summed E-state index contributed by atoms with van der Waals surface area (Å²) in [5.41, 5.74) is 13.0. The van der Waals surface area contributed by atoms with Crippen LogP contribution in [0.15, 0.2) is 170 Å². The van der Waals surface area contributed by atoms with Gasteiger partial charge in [0.2, 0.25) is 0 Å². The fourth-order valence-electron chi connectivity index (χ4n) is 8.80. The summed E-state index contributed by atoms with van der Waals surface area (Å²) < 4.78 is 0. The molecule has 0 saturated heterocycles. The molecule has 0 spiro atoms. The van der Waals surface area contributed by atoms with Gasteiger partial charge in [-0.3, -0.25) is 0 Å². The summed E-state index contributed by atoms with van der Waals surface area (Å²) >= 11 is 0. The largest absolute Gasteiger partial charge is 0.0622 e. The average Bonchev–Trinajstić information content (AvgIpc) is 3.39. The van der Waals surface area contributed by atoms with Crippen molar-refractivity contribution in [2.24, 2.45) is 0 Å². The second-order valence-corrected chi connectivity index (χ2v) is 14.0. The lowest BCUT2D eigenvalue weighted by molar-refractivity contribution is 0.666. The molecule has 0 unspecified atom stereocenters. The molecule has 0 aliphatic heterocycles. The molecule has 0 amide bonds. The Morgan fingerprint density at radius 1 is 0.347 bits per heavy atom. The Kier molecular flexibility index (Phi) is 6.02. The Morgan fingerprint density at radius 2 is 0.918 bits per heavy atom. The normalized spacial score (nSPS) is 13.3. The van der Waals surface area contributed by atoms with E-state index in [2.05, 4.69) is 184 Å². The molecule has 0 N–H and O–H groups in total. The van der Waals surface area contributed by atoms with Gasteiger partial charge in [0.1, 0.15) is 0 Å². The minimum Gasteiger partial charge on any atom is -0.0622 e. The Balaban J connectivity index is 1.20. The summed E-state index contributed by atoms with van der Waals surface area (Å²) in [5, 5.41) is 10.4. The van der Waals surface area contributed by atoms with E-state index in [0.717, 1.165) is 0 Å². The zero-order chi connectivity index (χ0) is 32.7. The molecular formula is C49H34. The molecule has 0 heteroatoms. The maximum atomic E-state index is 2.45. The van der Waals surface area contributed by atoms with E-state index in [4.69, 9.17) is 0 Å². The first-order valence-corrected chi connectivity index (χ1v) is 17.3. The molecule has 0 atom stereocenters. The maximum Gasteiger partial charge on any atom is 0.0165 e. The van der Waals surface area contributed by atoms with Crippen molar-refractivity contribution in [2.75, 3.05) is 0 Å². The molecule has 0 fully saturated rings. The van der Waals surface area contributed by atoms with Crippen molar-refractivity contribution in [2.45, 2.75) is 19.3 Å². The van der Waals surface area contributed by atoms with Crippen LogP contribution >= 0.6 is 0 Å². The van der Waals surface area contributed by atoms with Crippen LogP contribution in [0.2, 0.25) is 0 Å². The fraction of sp³-hybridized carbons (Fsp3) is 0.0612. The van der Waals surface area contributed by atoms with Gasteiger partial charge in [-0.1, -0.05) is 172 Å². The summed E-state index contributed by atoms with van der Waals surface area (Å²) in [4.78, 5) is 0. The molecule has 1 aliphatic rings. The smallest absolute Gasteiger partial charge is 0.0165 e. The maximum absolute atomic E-state index is 2.45. The molecular weight excluding hydrogens is 589 g/mol. The monoisotopic (exact) mass is 622 g/mol. The van der Waals surface area contributed by atoms with Crippen molar-refractivity contribution >= 4 is 43.1 Å². The van der Waals surface area contributed by atoms with Crippen LogP contribution in [0.4, 0.5) is 0 Å². The van der Waals surface area contributed by atoms with Gasteiger partial charge >= 0.3 is 0 Å². The van der Waals surface area contributed by atoms with Gasteiger partial charge in [0.15, 0.2) is 0 Å². The highest BCUT2D eigenvalue weighted by Crippen LogP contribution is 2.52. The van der Waals surface area contributed by atoms with Gasteiger partial charge in [-0.15, -0.1) is 0 Å². The van der Waals surface area contributed by atoms with Crippen molar-refractivity contribution in [1.29, 1.82) is 0 Å². The lowest BCUT2D eigenvalue weighted by Crippen LogP contribution is -2.15. The third-order valence-corrected chi connectivity index (χ3v) is 11.0. The van der Waals surface area contributed by atoms with Crippen molar-refractivity contribution in [3.05, 3.63) is 181 Å². The highest BCUT2D eigenvalue weighted by molar-refractivity contribution is 6.28. The Hall–Kier alpha value is -5.98. The molecule has 0 saturated carbocycles. The van der Waals surface area contributed by atoms with E-state index in [-0.39, 0.29) is 5.41 Å². The average molecular weight is 623 g/mol. The van der Waals surface area contributed by atoms with Crippen LogP contribution in [0.25, 0.3) is 87.6 Å². The Labute approximate surface area is 286 Å². The van der Waals surface area contributed by atoms with Gasteiger partial charge in [-0.05, 0) is 111 Å². The summed E-state index contributed by atoms with van der Waals surface area (Å²) in [6.45, 7) is 4.78. The molecule has 1 aliphatic carbocycles. The first kappa shape index (κ1) is 28.1. The molecule has 0 aromatic heterocycles. The van der Waals surface area contributed by atoms with E-state index in [1.54, 1.807) is 0 Å². The lowest BCUT2D eigenvalue weighted by atomic mass is 9.79. The van der Waals surface area contributed by atoms with Crippen LogP contribution < -0.4 is 0 Å². The molecule has 230 valence electrons. The number of rotatable bonds is 3. The fourth-order valence-corrected chi connectivity index (χ4v) is 8.80. The van der Waals surface area contributed by atoms with Crippen LogP contribution in [0.1, 0.15) is 25.0 Å². The van der Waals surface area contributed by atoms with Crippen LogP contribution in [0, 0.1) is 0 Å². The molecule has 9 aromatic carbocycles. The summed E-state index contributed by atoms with van der Waals surface area (Å²) in [6.07, 6.45) is 0. The topological polar surface area (TPSA) is 0 Å².